The lowest BCUT2D eigenvalue weighted by atomic mass is 10.2. The molecule has 0 aliphatic heterocycles. The van der Waals surface area contributed by atoms with Gasteiger partial charge in [0.1, 0.15) is 13.8 Å². The van der Waals surface area contributed by atoms with Gasteiger partial charge in [-0.3, -0.25) is 0 Å². The summed E-state index contributed by atoms with van der Waals surface area (Å²) in [5.41, 5.74) is 2.18. The van der Waals surface area contributed by atoms with Crippen molar-refractivity contribution in [1.82, 2.24) is 4.98 Å². The smallest absolute Gasteiger partial charge is 0.357 e. The second-order valence-electron chi connectivity index (χ2n) is 4.26. The Hall–Kier alpha value is -1.15. The summed E-state index contributed by atoms with van der Waals surface area (Å²) in [6.45, 7) is 5.96. The molecule has 1 nitrogen and oxygen atoms in total. The number of nitrogens with one attached hydrogen (secondary N) is 1. The van der Waals surface area contributed by atoms with E-state index in [2.05, 4.69) is 16.4 Å². The molecule has 0 radical (unpaired) electrons. The lowest BCUT2D eigenvalue weighted by molar-refractivity contribution is -0.141. The molecule has 5 heteroatoms. The number of hydrogen-bond donors (Lipinski definition) is 1. The second-order valence-corrected chi connectivity index (χ2v) is 9.01. The fourth-order valence-electron chi connectivity index (χ4n) is 0.963. The molecule has 1 N–H and O–H groups in total. The van der Waals surface area contributed by atoms with Crippen LogP contribution in [0.15, 0.2) is 12.3 Å². The largest absolute Gasteiger partial charge is 0.432 e. The van der Waals surface area contributed by atoms with Gasteiger partial charge in [0.15, 0.2) is 0 Å². The summed E-state index contributed by atoms with van der Waals surface area (Å²) in [7, 11) is -1.64. The Balaban J connectivity index is 3.06. The number of halogens is 3. The van der Waals surface area contributed by atoms with Crippen LogP contribution >= 0.6 is 0 Å². The van der Waals surface area contributed by atoms with Gasteiger partial charge in [-0.05, 0) is 6.07 Å². The van der Waals surface area contributed by atoms with Gasteiger partial charge >= 0.3 is 6.18 Å². The Morgan fingerprint density at radius 1 is 1.27 bits per heavy atom. The minimum Gasteiger partial charge on any atom is -0.357 e. The van der Waals surface area contributed by atoms with Crippen LogP contribution in [0.3, 0.4) is 0 Å². The minimum atomic E-state index is -4.35. The first kappa shape index (κ1) is 11.9. The van der Waals surface area contributed by atoms with Crippen molar-refractivity contribution in [2.24, 2.45) is 0 Å². The average Bonchev–Trinajstić information content (AvgIpc) is 2.45. The molecular weight excluding hydrogens is 219 g/mol. The van der Waals surface area contributed by atoms with Crippen molar-refractivity contribution in [3.63, 3.8) is 0 Å². The molecule has 1 aromatic heterocycles. The van der Waals surface area contributed by atoms with Crippen LogP contribution in [-0.4, -0.2) is 13.1 Å². The van der Waals surface area contributed by atoms with Crippen molar-refractivity contribution in [2.45, 2.75) is 25.8 Å². The molecule has 1 heterocycles. The summed E-state index contributed by atoms with van der Waals surface area (Å²) < 4.78 is 37.2. The van der Waals surface area contributed by atoms with Crippen LogP contribution in [0.4, 0.5) is 13.2 Å². The number of alkyl halides is 3. The molecule has 0 fully saturated rings. The quantitative estimate of drug-likeness (QED) is 0.521. The Bertz CT molecular complexity index is 401. The SMILES string of the molecule is C[Si](C)(C)C#Cc1cc[nH]c1C(F)(F)F. The van der Waals surface area contributed by atoms with E-state index >= 15 is 0 Å². The zero-order chi connectivity index (χ0) is 11.7. The van der Waals surface area contributed by atoms with Crippen molar-refractivity contribution in [3.05, 3.63) is 23.5 Å². The van der Waals surface area contributed by atoms with E-state index in [1.54, 1.807) is 0 Å². The first-order valence-corrected chi connectivity index (χ1v) is 7.98. The van der Waals surface area contributed by atoms with E-state index in [1.165, 1.54) is 12.3 Å². The van der Waals surface area contributed by atoms with E-state index in [1.807, 2.05) is 19.6 Å². The van der Waals surface area contributed by atoms with Gasteiger partial charge in [0, 0.05) is 6.20 Å². The lowest BCUT2D eigenvalue weighted by Crippen LogP contribution is -2.16. The number of hydrogen-bond acceptors (Lipinski definition) is 0. The zero-order valence-corrected chi connectivity index (χ0v) is 9.79. The van der Waals surface area contributed by atoms with Crippen LogP contribution in [0.1, 0.15) is 11.3 Å². The fourth-order valence-corrected chi connectivity index (χ4v) is 1.47. The molecular formula is C10H12F3NSi. The number of H-pyrrole nitrogens is 1. The van der Waals surface area contributed by atoms with Gasteiger partial charge in [-0.2, -0.15) is 13.2 Å². The fraction of sp³-hybridized carbons (Fsp3) is 0.400. The van der Waals surface area contributed by atoms with Crippen molar-refractivity contribution >= 4 is 8.07 Å². The first-order valence-electron chi connectivity index (χ1n) is 4.48. The normalized spacial score (nSPS) is 12.1. The number of aromatic nitrogens is 1. The summed E-state index contributed by atoms with van der Waals surface area (Å²) in [4.78, 5) is 2.17. The Morgan fingerprint density at radius 3 is 2.33 bits per heavy atom. The van der Waals surface area contributed by atoms with Gasteiger partial charge in [0.25, 0.3) is 0 Å². The highest BCUT2D eigenvalue weighted by Gasteiger charge is 2.34. The minimum absolute atomic E-state index is 0.0323. The van der Waals surface area contributed by atoms with Gasteiger partial charge in [-0.15, -0.1) is 5.54 Å². The molecule has 0 aliphatic carbocycles. The molecule has 0 aromatic carbocycles. The molecule has 0 saturated carbocycles. The van der Waals surface area contributed by atoms with Crippen LogP contribution in [0.25, 0.3) is 0 Å². The average molecular weight is 231 g/mol. The summed E-state index contributed by atoms with van der Waals surface area (Å²) in [6.07, 6.45) is -3.09. The third-order valence-corrected chi connectivity index (χ3v) is 2.48. The first-order chi connectivity index (χ1) is 6.70. The predicted octanol–water partition coefficient (Wildman–Crippen LogP) is 3.26. The molecule has 0 unspecified atom stereocenters. The summed E-state index contributed by atoms with van der Waals surface area (Å²) in [5, 5.41) is 0. The van der Waals surface area contributed by atoms with Crippen molar-refractivity contribution < 1.29 is 13.2 Å². The second kappa shape index (κ2) is 3.78. The van der Waals surface area contributed by atoms with Crippen LogP contribution in [0.5, 0.6) is 0 Å². The summed E-state index contributed by atoms with van der Waals surface area (Å²) >= 11 is 0. The lowest BCUT2D eigenvalue weighted by Gasteiger charge is -2.05. The Kier molecular flexibility index (Phi) is 3.00. The Morgan fingerprint density at radius 2 is 1.87 bits per heavy atom. The monoisotopic (exact) mass is 231 g/mol. The third-order valence-electron chi connectivity index (χ3n) is 1.60. The molecule has 0 spiro atoms. The van der Waals surface area contributed by atoms with Crippen LogP contribution < -0.4 is 0 Å². The van der Waals surface area contributed by atoms with Gasteiger partial charge < -0.3 is 4.98 Å². The van der Waals surface area contributed by atoms with Gasteiger partial charge in [0.05, 0.1) is 5.56 Å². The van der Waals surface area contributed by atoms with Crippen molar-refractivity contribution in [1.29, 1.82) is 0 Å². The van der Waals surface area contributed by atoms with E-state index in [0.29, 0.717) is 0 Å². The van der Waals surface area contributed by atoms with E-state index in [0.717, 1.165) is 0 Å². The highest BCUT2D eigenvalue weighted by atomic mass is 28.3. The van der Waals surface area contributed by atoms with Crippen molar-refractivity contribution in [3.8, 4) is 11.5 Å². The summed E-state index contributed by atoms with van der Waals surface area (Å²) in [5.74, 6) is 2.60. The third kappa shape index (κ3) is 3.48. The summed E-state index contributed by atoms with van der Waals surface area (Å²) in [6, 6.07) is 1.36. The molecule has 1 rings (SSSR count). The topological polar surface area (TPSA) is 15.8 Å². The Labute approximate surface area is 87.7 Å². The predicted molar refractivity (Wildman–Crippen MR) is 56.0 cm³/mol. The zero-order valence-electron chi connectivity index (χ0n) is 8.79. The van der Waals surface area contributed by atoms with E-state index in [-0.39, 0.29) is 5.56 Å². The molecule has 0 bridgehead atoms. The molecule has 0 atom stereocenters. The van der Waals surface area contributed by atoms with Crippen LogP contribution in [-0.2, 0) is 6.18 Å². The van der Waals surface area contributed by atoms with E-state index < -0.39 is 19.9 Å². The van der Waals surface area contributed by atoms with Gasteiger partial charge in [0.2, 0.25) is 0 Å². The number of rotatable bonds is 0. The van der Waals surface area contributed by atoms with Crippen LogP contribution in [0.2, 0.25) is 19.6 Å². The van der Waals surface area contributed by atoms with Gasteiger partial charge in [-0.25, -0.2) is 0 Å². The van der Waals surface area contributed by atoms with Crippen molar-refractivity contribution in [2.75, 3.05) is 0 Å². The maximum absolute atomic E-state index is 12.4. The maximum Gasteiger partial charge on any atom is 0.432 e. The van der Waals surface area contributed by atoms with E-state index in [9.17, 15) is 13.2 Å². The van der Waals surface area contributed by atoms with Crippen LogP contribution in [0, 0.1) is 11.5 Å². The van der Waals surface area contributed by atoms with Gasteiger partial charge in [-0.1, -0.05) is 25.6 Å². The maximum atomic E-state index is 12.4. The number of aromatic amines is 1. The van der Waals surface area contributed by atoms with E-state index in [4.69, 9.17) is 0 Å². The highest BCUT2D eigenvalue weighted by Crippen LogP contribution is 2.30. The molecule has 82 valence electrons. The standard InChI is InChI=1S/C10H12F3NSi/c1-15(2,3)7-5-8-4-6-14-9(8)10(11,12)13/h4,6,14H,1-3H3. The highest BCUT2D eigenvalue weighted by molar-refractivity contribution is 6.83. The molecule has 0 aliphatic rings. The molecule has 15 heavy (non-hydrogen) atoms. The molecule has 1 aromatic rings. The molecule has 0 saturated heterocycles. The molecule has 0 amide bonds.